The summed E-state index contributed by atoms with van der Waals surface area (Å²) in [5.74, 6) is 0. The Morgan fingerprint density at radius 1 is 1.25 bits per heavy atom. The average molecular weight is 225 g/mol. The van der Waals surface area contributed by atoms with Crippen LogP contribution in [0.3, 0.4) is 0 Å². The van der Waals surface area contributed by atoms with Crippen LogP contribution in [0.2, 0.25) is 0 Å². The molecule has 3 rings (SSSR count). The van der Waals surface area contributed by atoms with Gasteiger partial charge in [-0.05, 0) is 44.9 Å². The highest BCUT2D eigenvalue weighted by atomic mass is 16.5. The van der Waals surface area contributed by atoms with Crippen molar-refractivity contribution in [3.63, 3.8) is 0 Å². The van der Waals surface area contributed by atoms with Crippen LogP contribution in [0, 0.1) is 0 Å². The smallest absolute Gasteiger partial charge is 0.0697 e. The quantitative estimate of drug-likeness (QED) is 0.795. The highest BCUT2D eigenvalue weighted by molar-refractivity contribution is 4.98. The zero-order valence-electron chi connectivity index (χ0n) is 10.2. The van der Waals surface area contributed by atoms with Crippen LogP contribution in [-0.2, 0) is 9.47 Å². The summed E-state index contributed by atoms with van der Waals surface area (Å²) in [5.41, 5.74) is 0.278. The van der Waals surface area contributed by atoms with Crippen LogP contribution in [0.25, 0.3) is 0 Å². The van der Waals surface area contributed by atoms with Gasteiger partial charge >= 0.3 is 0 Å². The highest BCUT2D eigenvalue weighted by Gasteiger charge is 2.43. The zero-order valence-corrected chi connectivity index (χ0v) is 10.2. The fourth-order valence-electron chi connectivity index (χ4n) is 3.32. The second kappa shape index (κ2) is 4.28. The fourth-order valence-corrected chi connectivity index (χ4v) is 3.32. The van der Waals surface area contributed by atoms with Gasteiger partial charge in [-0.1, -0.05) is 0 Å². The molecule has 3 heteroatoms. The van der Waals surface area contributed by atoms with E-state index in [1.807, 2.05) is 7.11 Å². The molecule has 3 fully saturated rings. The molecular formula is C13H23NO2. The second-order valence-corrected chi connectivity index (χ2v) is 5.77. The number of hydrogen-bond acceptors (Lipinski definition) is 3. The Morgan fingerprint density at radius 2 is 2.06 bits per heavy atom. The second-order valence-electron chi connectivity index (χ2n) is 5.77. The van der Waals surface area contributed by atoms with Crippen LogP contribution in [0.5, 0.6) is 0 Å². The average Bonchev–Trinajstić information content (AvgIpc) is 2.21. The summed E-state index contributed by atoms with van der Waals surface area (Å²) >= 11 is 0. The molecule has 16 heavy (non-hydrogen) atoms. The summed E-state index contributed by atoms with van der Waals surface area (Å²) in [7, 11) is 1.82. The minimum Gasteiger partial charge on any atom is -0.381 e. The van der Waals surface area contributed by atoms with E-state index in [4.69, 9.17) is 9.47 Å². The van der Waals surface area contributed by atoms with E-state index in [-0.39, 0.29) is 5.60 Å². The van der Waals surface area contributed by atoms with E-state index in [2.05, 4.69) is 5.32 Å². The molecule has 1 aliphatic heterocycles. The maximum Gasteiger partial charge on any atom is 0.0697 e. The van der Waals surface area contributed by atoms with Crippen LogP contribution in [0.4, 0.5) is 0 Å². The molecule has 2 saturated carbocycles. The first-order valence-electron chi connectivity index (χ1n) is 6.72. The van der Waals surface area contributed by atoms with E-state index >= 15 is 0 Å². The maximum atomic E-state index is 5.94. The van der Waals surface area contributed by atoms with Gasteiger partial charge in [0.25, 0.3) is 0 Å². The monoisotopic (exact) mass is 225 g/mol. The van der Waals surface area contributed by atoms with Crippen LogP contribution in [0.15, 0.2) is 0 Å². The molecule has 92 valence electrons. The first-order valence-corrected chi connectivity index (χ1v) is 6.72. The van der Waals surface area contributed by atoms with Crippen LogP contribution in [0.1, 0.15) is 44.9 Å². The summed E-state index contributed by atoms with van der Waals surface area (Å²) in [6.07, 6.45) is 9.27. The molecule has 3 nitrogen and oxygen atoms in total. The van der Waals surface area contributed by atoms with E-state index in [1.165, 1.54) is 44.9 Å². The lowest BCUT2D eigenvalue weighted by molar-refractivity contribution is -0.138. The Bertz CT molecular complexity index is 246. The first-order chi connectivity index (χ1) is 7.80. The van der Waals surface area contributed by atoms with Crippen molar-refractivity contribution < 1.29 is 9.47 Å². The van der Waals surface area contributed by atoms with Gasteiger partial charge in [0.1, 0.15) is 0 Å². The van der Waals surface area contributed by atoms with Crippen LogP contribution >= 0.6 is 0 Å². The molecule has 0 radical (unpaired) electrons. The van der Waals surface area contributed by atoms with Gasteiger partial charge in [-0.15, -0.1) is 0 Å². The number of hydrogen-bond donors (Lipinski definition) is 1. The number of nitrogens with one attached hydrogen (secondary N) is 1. The molecule has 1 unspecified atom stereocenters. The standard InChI is InChI=1S/C13H23NO2/c1-15-12-7-11(8-12)14-10-3-6-16-13(9-10)4-2-5-13/h10-12,14H,2-9H2,1H3. The summed E-state index contributed by atoms with van der Waals surface area (Å²) in [4.78, 5) is 0. The number of methoxy groups -OCH3 is 1. The Hall–Kier alpha value is -0.120. The Kier molecular flexibility index (Phi) is 2.94. The third-order valence-electron chi connectivity index (χ3n) is 4.66. The molecule has 0 aromatic rings. The Balaban J connectivity index is 1.45. The number of ether oxygens (including phenoxy) is 2. The van der Waals surface area contributed by atoms with E-state index in [0.717, 1.165) is 6.61 Å². The molecule has 3 aliphatic rings. The van der Waals surface area contributed by atoms with Crippen molar-refractivity contribution in [2.24, 2.45) is 0 Å². The summed E-state index contributed by atoms with van der Waals surface area (Å²) in [6.45, 7) is 0.956. The predicted octanol–water partition coefficient (Wildman–Crippen LogP) is 1.86. The number of rotatable bonds is 3. The fraction of sp³-hybridized carbons (Fsp3) is 1.00. The van der Waals surface area contributed by atoms with E-state index < -0.39 is 0 Å². The van der Waals surface area contributed by atoms with Gasteiger partial charge in [0, 0.05) is 25.8 Å². The van der Waals surface area contributed by atoms with E-state index in [1.54, 1.807) is 0 Å². The normalized spacial score (nSPS) is 41.4. The van der Waals surface area contributed by atoms with Gasteiger partial charge in [0.15, 0.2) is 0 Å². The lowest BCUT2D eigenvalue weighted by atomic mass is 9.73. The Morgan fingerprint density at radius 3 is 2.69 bits per heavy atom. The molecular weight excluding hydrogens is 202 g/mol. The van der Waals surface area contributed by atoms with E-state index in [9.17, 15) is 0 Å². The lowest BCUT2D eigenvalue weighted by Crippen LogP contribution is -2.55. The predicted molar refractivity (Wildman–Crippen MR) is 62.5 cm³/mol. The van der Waals surface area contributed by atoms with Crippen molar-refractivity contribution in [2.45, 2.75) is 68.7 Å². The third-order valence-corrected chi connectivity index (χ3v) is 4.66. The molecule has 1 heterocycles. The summed E-state index contributed by atoms with van der Waals surface area (Å²) in [6, 6.07) is 1.39. The summed E-state index contributed by atoms with van der Waals surface area (Å²) in [5, 5.41) is 3.78. The highest BCUT2D eigenvalue weighted by Crippen LogP contribution is 2.42. The van der Waals surface area contributed by atoms with Crippen molar-refractivity contribution in [3.8, 4) is 0 Å². The van der Waals surface area contributed by atoms with Gasteiger partial charge in [-0.2, -0.15) is 0 Å². The van der Waals surface area contributed by atoms with Crippen molar-refractivity contribution in [3.05, 3.63) is 0 Å². The van der Waals surface area contributed by atoms with Crippen molar-refractivity contribution in [1.29, 1.82) is 0 Å². The summed E-state index contributed by atoms with van der Waals surface area (Å²) < 4.78 is 11.3. The van der Waals surface area contributed by atoms with Gasteiger partial charge in [0.05, 0.1) is 11.7 Å². The first kappa shape index (κ1) is 11.0. The van der Waals surface area contributed by atoms with Gasteiger partial charge in [-0.25, -0.2) is 0 Å². The van der Waals surface area contributed by atoms with Crippen molar-refractivity contribution in [2.75, 3.05) is 13.7 Å². The molecule has 0 amide bonds. The van der Waals surface area contributed by atoms with Gasteiger partial charge in [-0.3, -0.25) is 0 Å². The SMILES string of the molecule is COC1CC(NC2CCOC3(CCC3)C2)C1. The largest absolute Gasteiger partial charge is 0.381 e. The topological polar surface area (TPSA) is 30.5 Å². The molecule has 1 saturated heterocycles. The van der Waals surface area contributed by atoms with E-state index in [0.29, 0.717) is 18.2 Å². The van der Waals surface area contributed by atoms with Crippen molar-refractivity contribution >= 4 is 0 Å². The molecule has 0 bridgehead atoms. The minimum atomic E-state index is 0.278. The molecule has 2 aliphatic carbocycles. The van der Waals surface area contributed by atoms with Gasteiger partial charge < -0.3 is 14.8 Å². The Labute approximate surface area is 97.9 Å². The molecule has 0 aromatic heterocycles. The maximum absolute atomic E-state index is 5.94. The van der Waals surface area contributed by atoms with Crippen molar-refractivity contribution in [1.82, 2.24) is 5.32 Å². The zero-order chi connectivity index (χ0) is 11.0. The molecule has 0 aromatic carbocycles. The van der Waals surface area contributed by atoms with Gasteiger partial charge in [0.2, 0.25) is 0 Å². The third kappa shape index (κ3) is 2.01. The van der Waals surface area contributed by atoms with Crippen LogP contribution < -0.4 is 5.32 Å². The molecule has 1 spiro atoms. The molecule has 1 atom stereocenters. The lowest BCUT2D eigenvalue weighted by Gasteiger charge is -2.49. The van der Waals surface area contributed by atoms with Crippen LogP contribution in [-0.4, -0.2) is 37.5 Å². The minimum absolute atomic E-state index is 0.278. The molecule has 1 N–H and O–H groups in total.